The summed E-state index contributed by atoms with van der Waals surface area (Å²) in [6.07, 6.45) is 3.54. The molecule has 2 atom stereocenters. The van der Waals surface area contributed by atoms with Gasteiger partial charge in [-0.25, -0.2) is 0 Å². The first-order chi connectivity index (χ1) is 7.72. The van der Waals surface area contributed by atoms with Gasteiger partial charge in [0.15, 0.2) is 0 Å². The third-order valence-corrected chi connectivity index (χ3v) is 4.14. The first kappa shape index (κ1) is 11.6. The average molecular weight is 238 g/mol. The molecule has 1 aliphatic rings. The van der Waals surface area contributed by atoms with E-state index in [0.29, 0.717) is 6.04 Å². The second-order valence-electron chi connectivity index (χ2n) is 4.25. The standard InChI is InChI=1S/C12H18N2OS/c1-8(12(15)13-2)14-10-4-3-5-11-9(10)6-7-16-11/h6-8,10,14H,3-5H2,1-2H3,(H,13,15)/t8-,10?/m1/s1. The average Bonchev–Trinajstić information content (AvgIpc) is 2.77. The SMILES string of the molecule is CNC(=O)[C@@H](C)NC1CCCc2sccc21. The highest BCUT2D eigenvalue weighted by atomic mass is 32.1. The Kier molecular flexibility index (Phi) is 3.61. The number of aryl methyl sites for hydroxylation is 1. The molecule has 1 amide bonds. The Hall–Kier alpha value is -0.870. The molecular formula is C12H18N2OS. The fourth-order valence-corrected chi connectivity index (χ4v) is 3.24. The number of amides is 1. The van der Waals surface area contributed by atoms with Crippen LogP contribution in [0, 0.1) is 0 Å². The minimum Gasteiger partial charge on any atom is -0.358 e. The molecule has 1 unspecified atom stereocenters. The highest BCUT2D eigenvalue weighted by Crippen LogP contribution is 2.33. The molecule has 0 radical (unpaired) electrons. The minimum absolute atomic E-state index is 0.0577. The van der Waals surface area contributed by atoms with Gasteiger partial charge >= 0.3 is 0 Å². The van der Waals surface area contributed by atoms with Crippen LogP contribution in [0.15, 0.2) is 11.4 Å². The molecule has 0 spiro atoms. The number of nitrogens with one attached hydrogen (secondary N) is 2. The van der Waals surface area contributed by atoms with Crippen LogP contribution in [0.2, 0.25) is 0 Å². The smallest absolute Gasteiger partial charge is 0.236 e. The lowest BCUT2D eigenvalue weighted by molar-refractivity contribution is -0.122. The molecule has 1 aromatic heterocycles. The highest BCUT2D eigenvalue weighted by molar-refractivity contribution is 7.10. The molecule has 88 valence electrons. The molecule has 0 saturated carbocycles. The first-order valence-corrected chi connectivity index (χ1v) is 6.64. The van der Waals surface area contributed by atoms with Crippen molar-refractivity contribution in [1.82, 2.24) is 10.6 Å². The summed E-state index contributed by atoms with van der Waals surface area (Å²) in [4.78, 5) is 12.9. The summed E-state index contributed by atoms with van der Waals surface area (Å²) in [6, 6.07) is 2.41. The molecule has 0 aliphatic heterocycles. The summed E-state index contributed by atoms with van der Waals surface area (Å²) >= 11 is 1.83. The van der Waals surface area contributed by atoms with Gasteiger partial charge in [0.25, 0.3) is 0 Å². The largest absolute Gasteiger partial charge is 0.358 e. The topological polar surface area (TPSA) is 41.1 Å². The van der Waals surface area contributed by atoms with E-state index in [1.54, 1.807) is 7.05 Å². The normalized spacial score (nSPS) is 21.2. The van der Waals surface area contributed by atoms with Gasteiger partial charge in [0, 0.05) is 18.0 Å². The van der Waals surface area contributed by atoms with Crippen LogP contribution in [0.5, 0.6) is 0 Å². The van der Waals surface area contributed by atoms with Crippen LogP contribution in [0.3, 0.4) is 0 Å². The maximum absolute atomic E-state index is 11.5. The maximum atomic E-state index is 11.5. The van der Waals surface area contributed by atoms with Gasteiger partial charge in [-0.05, 0) is 43.2 Å². The van der Waals surface area contributed by atoms with Gasteiger partial charge in [-0.15, -0.1) is 11.3 Å². The molecule has 4 heteroatoms. The van der Waals surface area contributed by atoms with Crippen LogP contribution in [0.4, 0.5) is 0 Å². The summed E-state index contributed by atoms with van der Waals surface area (Å²) in [5.41, 5.74) is 1.40. The number of fused-ring (bicyclic) bond motifs is 1. The number of carbonyl (C=O) groups is 1. The Bertz CT molecular complexity index is 375. The van der Waals surface area contributed by atoms with Crippen LogP contribution in [-0.2, 0) is 11.2 Å². The van der Waals surface area contributed by atoms with Crippen molar-refractivity contribution in [3.8, 4) is 0 Å². The number of rotatable bonds is 3. The van der Waals surface area contributed by atoms with E-state index in [9.17, 15) is 4.79 Å². The number of hydrogen-bond acceptors (Lipinski definition) is 3. The Morgan fingerprint density at radius 1 is 1.62 bits per heavy atom. The van der Waals surface area contributed by atoms with Gasteiger partial charge in [-0.1, -0.05) is 0 Å². The van der Waals surface area contributed by atoms with Crippen molar-refractivity contribution in [2.24, 2.45) is 0 Å². The molecule has 1 heterocycles. The lowest BCUT2D eigenvalue weighted by atomic mass is 9.93. The summed E-state index contributed by atoms with van der Waals surface area (Å²) in [5.74, 6) is 0.0577. The molecule has 0 saturated heterocycles. The lowest BCUT2D eigenvalue weighted by Gasteiger charge is -2.26. The van der Waals surface area contributed by atoms with Crippen molar-refractivity contribution in [2.45, 2.75) is 38.3 Å². The van der Waals surface area contributed by atoms with Crippen molar-refractivity contribution in [1.29, 1.82) is 0 Å². The van der Waals surface area contributed by atoms with Gasteiger partial charge < -0.3 is 5.32 Å². The fraction of sp³-hybridized carbons (Fsp3) is 0.583. The molecule has 3 nitrogen and oxygen atoms in total. The van der Waals surface area contributed by atoms with Gasteiger partial charge in [0.2, 0.25) is 5.91 Å². The monoisotopic (exact) mass is 238 g/mol. The van der Waals surface area contributed by atoms with E-state index in [-0.39, 0.29) is 11.9 Å². The van der Waals surface area contributed by atoms with Gasteiger partial charge in [-0.3, -0.25) is 10.1 Å². The second-order valence-corrected chi connectivity index (χ2v) is 5.25. The zero-order valence-electron chi connectivity index (χ0n) is 9.75. The van der Waals surface area contributed by atoms with Crippen molar-refractivity contribution >= 4 is 17.2 Å². The Morgan fingerprint density at radius 2 is 2.44 bits per heavy atom. The van der Waals surface area contributed by atoms with Crippen LogP contribution >= 0.6 is 11.3 Å². The highest BCUT2D eigenvalue weighted by Gasteiger charge is 2.24. The predicted octanol–water partition coefficient (Wildman–Crippen LogP) is 1.85. The molecule has 0 fully saturated rings. The van der Waals surface area contributed by atoms with Gasteiger partial charge in [-0.2, -0.15) is 0 Å². The van der Waals surface area contributed by atoms with E-state index in [0.717, 1.165) is 6.42 Å². The third-order valence-electron chi connectivity index (χ3n) is 3.14. The number of carbonyl (C=O) groups excluding carboxylic acids is 1. The Balaban J connectivity index is 2.05. The van der Waals surface area contributed by atoms with E-state index in [2.05, 4.69) is 22.1 Å². The molecule has 1 aromatic rings. The van der Waals surface area contributed by atoms with Crippen LogP contribution in [0.1, 0.15) is 36.2 Å². The summed E-state index contributed by atoms with van der Waals surface area (Å²) in [7, 11) is 1.68. The zero-order valence-corrected chi connectivity index (χ0v) is 10.6. The minimum atomic E-state index is -0.124. The first-order valence-electron chi connectivity index (χ1n) is 5.76. The van der Waals surface area contributed by atoms with Crippen LogP contribution < -0.4 is 10.6 Å². The van der Waals surface area contributed by atoms with E-state index in [1.165, 1.54) is 23.3 Å². The Morgan fingerprint density at radius 3 is 3.19 bits per heavy atom. The summed E-state index contributed by atoms with van der Waals surface area (Å²) in [6.45, 7) is 1.92. The van der Waals surface area contributed by atoms with Crippen molar-refractivity contribution in [3.63, 3.8) is 0 Å². The van der Waals surface area contributed by atoms with E-state index in [4.69, 9.17) is 0 Å². The van der Waals surface area contributed by atoms with Crippen molar-refractivity contribution < 1.29 is 4.79 Å². The quantitative estimate of drug-likeness (QED) is 0.844. The van der Waals surface area contributed by atoms with E-state index < -0.39 is 0 Å². The van der Waals surface area contributed by atoms with Gasteiger partial charge in [0.1, 0.15) is 0 Å². The molecule has 0 bridgehead atoms. The maximum Gasteiger partial charge on any atom is 0.236 e. The molecular weight excluding hydrogens is 220 g/mol. The molecule has 0 aromatic carbocycles. The predicted molar refractivity (Wildman–Crippen MR) is 66.7 cm³/mol. The third kappa shape index (κ3) is 2.28. The number of hydrogen-bond donors (Lipinski definition) is 2. The second kappa shape index (κ2) is 4.97. The van der Waals surface area contributed by atoms with Crippen molar-refractivity contribution in [3.05, 3.63) is 21.9 Å². The van der Waals surface area contributed by atoms with Crippen molar-refractivity contribution in [2.75, 3.05) is 7.05 Å². The molecule has 2 rings (SSSR count). The lowest BCUT2D eigenvalue weighted by Crippen LogP contribution is -2.42. The summed E-state index contributed by atoms with van der Waals surface area (Å²) < 4.78 is 0. The fourth-order valence-electron chi connectivity index (χ4n) is 2.25. The van der Waals surface area contributed by atoms with Crippen LogP contribution in [-0.4, -0.2) is 19.0 Å². The Labute approximate surface area is 100 Å². The van der Waals surface area contributed by atoms with Gasteiger partial charge in [0.05, 0.1) is 6.04 Å². The zero-order chi connectivity index (χ0) is 11.5. The molecule has 16 heavy (non-hydrogen) atoms. The summed E-state index contributed by atoms with van der Waals surface area (Å²) in [5, 5.41) is 8.23. The van der Waals surface area contributed by atoms with E-state index >= 15 is 0 Å². The number of likely N-dealkylation sites (N-methyl/N-ethyl adjacent to an activating group) is 1. The molecule has 2 N–H and O–H groups in total. The molecule has 1 aliphatic carbocycles. The van der Waals surface area contributed by atoms with E-state index in [1.807, 2.05) is 18.3 Å². The van der Waals surface area contributed by atoms with Crippen LogP contribution in [0.25, 0.3) is 0 Å². The number of thiophene rings is 1.